The zero-order valence-corrected chi connectivity index (χ0v) is 30.3. The highest BCUT2D eigenvalue weighted by molar-refractivity contribution is 7.92. The molecule has 0 unspecified atom stereocenters. The Kier molecular flexibility index (Phi) is 12.6. The number of carbonyl (C=O) groups excluding carboxylic acids is 2. The van der Waals surface area contributed by atoms with Crippen molar-refractivity contribution in [3.63, 3.8) is 0 Å². The molecule has 0 heterocycles. The van der Waals surface area contributed by atoms with E-state index in [1.807, 2.05) is 6.07 Å². The van der Waals surface area contributed by atoms with Gasteiger partial charge in [0.2, 0.25) is 11.8 Å². The van der Waals surface area contributed by atoms with Crippen LogP contribution in [0.5, 0.6) is 0 Å². The highest BCUT2D eigenvalue weighted by Crippen LogP contribution is 2.38. The monoisotopic (exact) mass is 779 g/mol. The third-order valence-corrected chi connectivity index (χ3v) is 11.4. The van der Waals surface area contributed by atoms with Crippen LogP contribution in [0.25, 0.3) is 0 Å². The summed E-state index contributed by atoms with van der Waals surface area (Å²) in [4.78, 5) is 29.9. The van der Waals surface area contributed by atoms with Gasteiger partial charge in [-0.3, -0.25) is 13.9 Å². The molecule has 5 rings (SSSR count). The van der Waals surface area contributed by atoms with Crippen LogP contribution in [0.15, 0.2) is 102 Å². The first-order valence-corrected chi connectivity index (χ1v) is 18.8. The molecule has 14 heteroatoms. The van der Waals surface area contributed by atoms with Crippen LogP contribution in [0, 0.1) is 0 Å². The Bertz CT molecular complexity index is 1950. The molecule has 4 aromatic rings. The van der Waals surface area contributed by atoms with Crippen molar-refractivity contribution in [1.29, 1.82) is 0 Å². The molecule has 1 atom stereocenters. The number of hydrogen-bond acceptors (Lipinski definition) is 4. The summed E-state index contributed by atoms with van der Waals surface area (Å²) in [6.45, 7) is -1.24. The third kappa shape index (κ3) is 9.77. The van der Waals surface area contributed by atoms with E-state index in [0.717, 1.165) is 49.8 Å². The highest BCUT2D eigenvalue weighted by Gasteiger charge is 2.38. The molecular weight excluding hydrogens is 746 g/mol. The van der Waals surface area contributed by atoms with E-state index in [2.05, 4.69) is 5.32 Å². The molecule has 1 fully saturated rings. The smallest absolute Gasteiger partial charge is 0.352 e. The quantitative estimate of drug-likeness (QED) is 0.156. The van der Waals surface area contributed by atoms with Crippen LogP contribution in [0.1, 0.15) is 48.8 Å². The van der Waals surface area contributed by atoms with Gasteiger partial charge in [0, 0.05) is 29.1 Å². The minimum absolute atomic E-state index is 0.0477. The SMILES string of the molecule is O=C(NC1CCCCC1)[C@H](Cc1ccccc1)N(Cc1ccc(Cl)cc1Cl)C(=O)CN(c1cc(C(F)(F)F)ccc1Cl)S(=O)(=O)c1ccccc1. The van der Waals surface area contributed by atoms with Crippen molar-refractivity contribution >= 4 is 62.3 Å². The molecule has 0 aliphatic heterocycles. The minimum Gasteiger partial charge on any atom is -0.352 e. The molecule has 51 heavy (non-hydrogen) atoms. The number of benzene rings is 4. The lowest BCUT2D eigenvalue weighted by molar-refractivity contribution is -0.140. The molecule has 0 radical (unpaired) electrons. The largest absolute Gasteiger partial charge is 0.416 e. The van der Waals surface area contributed by atoms with E-state index in [0.29, 0.717) is 21.0 Å². The second-order valence-electron chi connectivity index (χ2n) is 12.3. The van der Waals surface area contributed by atoms with E-state index in [-0.39, 0.29) is 33.9 Å². The molecule has 7 nitrogen and oxygen atoms in total. The number of carbonyl (C=O) groups is 2. The molecule has 1 N–H and O–H groups in total. The minimum atomic E-state index is -4.85. The number of amides is 2. The summed E-state index contributed by atoms with van der Waals surface area (Å²) in [5.41, 5.74) is -0.593. The fourth-order valence-corrected chi connectivity index (χ4v) is 8.23. The summed E-state index contributed by atoms with van der Waals surface area (Å²) in [6.07, 6.45) is -0.366. The van der Waals surface area contributed by atoms with Gasteiger partial charge in [-0.15, -0.1) is 0 Å². The number of halogens is 6. The molecule has 0 aromatic heterocycles. The summed E-state index contributed by atoms with van der Waals surface area (Å²) in [5.74, 6) is -1.34. The number of alkyl halides is 3. The lowest BCUT2D eigenvalue weighted by Crippen LogP contribution is -2.55. The summed E-state index contributed by atoms with van der Waals surface area (Å²) < 4.78 is 70.7. The van der Waals surface area contributed by atoms with Gasteiger partial charge in [0.1, 0.15) is 12.6 Å². The molecule has 1 saturated carbocycles. The van der Waals surface area contributed by atoms with Crippen LogP contribution >= 0.6 is 34.8 Å². The molecule has 0 saturated heterocycles. The highest BCUT2D eigenvalue weighted by atomic mass is 35.5. The van der Waals surface area contributed by atoms with Gasteiger partial charge < -0.3 is 10.2 Å². The Morgan fingerprint density at radius 1 is 0.824 bits per heavy atom. The van der Waals surface area contributed by atoms with E-state index in [1.165, 1.54) is 35.2 Å². The van der Waals surface area contributed by atoms with Crippen LogP contribution in [-0.4, -0.2) is 43.8 Å². The zero-order chi connectivity index (χ0) is 36.8. The predicted octanol–water partition coefficient (Wildman–Crippen LogP) is 8.95. The van der Waals surface area contributed by atoms with Crippen molar-refractivity contribution in [2.24, 2.45) is 0 Å². The first kappa shape index (κ1) is 38.5. The maximum absolute atomic E-state index is 14.7. The number of hydrogen-bond donors (Lipinski definition) is 1. The Balaban J connectivity index is 1.63. The number of rotatable bonds is 12. The molecule has 2 amide bonds. The van der Waals surface area contributed by atoms with Crippen LogP contribution < -0.4 is 9.62 Å². The fourth-order valence-electron chi connectivity index (χ4n) is 6.04. The van der Waals surface area contributed by atoms with Crippen molar-refractivity contribution in [1.82, 2.24) is 10.2 Å². The normalized spacial score (nSPS) is 14.5. The average molecular weight is 781 g/mol. The molecular formula is C37H35Cl3F3N3O4S. The molecule has 0 bridgehead atoms. The van der Waals surface area contributed by atoms with E-state index < -0.39 is 51.9 Å². The van der Waals surface area contributed by atoms with E-state index in [9.17, 15) is 31.2 Å². The first-order chi connectivity index (χ1) is 24.2. The van der Waals surface area contributed by atoms with Crippen LogP contribution in [0.2, 0.25) is 15.1 Å². The van der Waals surface area contributed by atoms with Crippen LogP contribution in [0.3, 0.4) is 0 Å². The first-order valence-electron chi connectivity index (χ1n) is 16.3. The van der Waals surface area contributed by atoms with Crippen molar-refractivity contribution in [2.45, 2.75) is 68.2 Å². The van der Waals surface area contributed by atoms with Crippen LogP contribution in [0.4, 0.5) is 18.9 Å². The topological polar surface area (TPSA) is 86.8 Å². The molecule has 0 spiro atoms. The average Bonchev–Trinajstić information content (AvgIpc) is 3.10. The lowest BCUT2D eigenvalue weighted by Gasteiger charge is -2.35. The van der Waals surface area contributed by atoms with E-state index in [4.69, 9.17) is 34.8 Å². The van der Waals surface area contributed by atoms with Gasteiger partial charge in [-0.25, -0.2) is 8.42 Å². The van der Waals surface area contributed by atoms with Gasteiger partial charge in [0.25, 0.3) is 10.0 Å². The Morgan fingerprint density at radius 2 is 1.47 bits per heavy atom. The maximum Gasteiger partial charge on any atom is 0.416 e. The van der Waals surface area contributed by atoms with E-state index >= 15 is 0 Å². The fraction of sp³-hybridized carbons (Fsp3) is 0.297. The Morgan fingerprint density at radius 3 is 2.10 bits per heavy atom. The zero-order valence-electron chi connectivity index (χ0n) is 27.3. The molecule has 4 aromatic carbocycles. The number of sulfonamides is 1. The van der Waals surface area contributed by atoms with Crippen molar-refractivity contribution in [2.75, 3.05) is 10.8 Å². The summed E-state index contributed by atoms with van der Waals surface area (Å²) in [7, 11) is -4.69. The third-order valence-electron chi connectivity index (χ3n) is 8.73. The number of anilines is 1. The second kappa shape index (κ2) is 16.7. The predicted molar refractivity (Wildman–Crippen MR) is 193 cm³/mol. The number of nitrogens with one attached hydrogen (secondary N) is 1. The van der Waals surface area contributed by atoms with Gasteiger partial charge in [-0.05, 0) is 66.4 Å². The maximum atomic E-state index is 14.7. The Hall–Kier alpha value is -3.77. The number of nitrogens with zero attached hydrogens (tertiary/aromatic N) is 2. The lowest BCUT2D eigenvalue weighted by atomic mass is 9.94. The summed E-state index contributed by atoms with van der Waals surface area (Å²) >= 11 is 19.1. The summed E-state index contributed by atoms with van der Waals surface area (Å²) in [5, 5.41) is 3.28. The molecule has 270 valence electrons. The van der Waals surface area contributed by atoms with Gasteiger partial charge in [-0.2, -0.15) is 13.2 Å². The molecule has 1 aliphatic carbocycles. The van der Waals surface area contributed by atoms with Gasteiger partial charge in [0.05, 0.1) is 21.2 Å². The van der Waals surface area contributed by atoms with Crippen molar-refractivity contribution in [3.05, 3.63) is 129 Å². The van der Waals surface area contributed by atoms with Gasteiger partial charge in [0.15, 0.2) is 0 Å². The summed E-state index contributed by atoms with van der Waals surface area (Å²) in [6, 6.07) is 21.5. The van der Waals surface area contributed by atoms with Crippen molar-refractivity contribution < 1.29 is 31.2 Å². The van der Waals surface area contributed by atoms with Gasteiger partial charge >= 0.3 is 6.18 Å². The molecule has 1 aliphatic rings. The van der Waals surface area contributed by atoms with Crippen molar-refractivity contribution in [3.8, 4) is 0 Å². The standard InChI is InChI=1S/C37H35Cl3F3N3O4S/c38-28-18-16-26(32(40)22-28)23-45(34(20-25-10-4-1-5-11-25)36(48)44-29-12-6-2-7-13-29)35(47)24-46(51(49,50)30-14-8-3-9-15-30)33-21-27(37(41,42)43)17-19-31(33)39/h1,3-5,8-11,14-19,21-22,29,34H,2,6-7,12-13,20,23-24H2,(H,44,48)/t34-/m0/s1. The van der Waals surface area contributed by atoms with Gasteiger partial charge in [-0.1, -0.05) is 109 Å². The second-order valence-corrected chi connectivity index (χ2v) is 15.4. The van der Waals surface area contributed by atoms with E-state index in [1.54, 1.807) is 42.5 Å². The Labute approximate surface area is 310 Å². The van der Waals surface area contributed by atoms with Crippen LogP contribution in [-0.2, 0) is 38.8 Å².